The van der Waals surface area contributed by atoms with Gasteiger partial charge in [-0.05, 0) is 0 Å². The predicted octanol–water partition coefficient (Wildman–Crippen LogP) is 2.21. The zero-order chi connectivity index (χ0) is 31.7. The minimum atomic E-state index is -4.45. The van der Waals surface area contributed by atoms with Gasteiger partial charge in [-0.1, -0.05) is 19.2 Å². The third-order valence-electron chi connectivity index (χ3n) is 7.82. The van der Waals surface area contributed by atoms with E-state index in [2.05, 4.69) is 42.2 Å². The number of hydrogen-bond donors (Lipinski definition) is 3. The minimum Gasteiger partial charge on any atom is -0.382 e. The van der Waals surface area contributed by atoms with Gasteiger partial charge in [-0.3, -0.25) is 31.8 Å². The summed E-state index contributed by atoms with van der Waals surface area (Å²) in [6.45, 7) is -3.40. The highest BCUT2D eigenvalue weighted by Crippen LogP contribution is 2.60. The van der Waals surface area contributed by atoms with E-state index < -0.39 is 70.2 Å². The fourth-order valence-corrected chi connectivity index (χ4v) is 8.16. The van der Waals surface area contributed by atoms with Gasteiger partial charge in [0.05, 0.1) is 32.0 Å². The maximum absolute atomic E-state index is 16.1. The fourth-order valence-electron chi connectivity index (χ4n) is 5.50. The van der Waals surface area contributed by atoms with Crippen LogP contribution >= 0.6 is 26.9 Å². The van der Waals surface area contributed by atoms with Crippen LogP contribution in [-0.4, -0.2) is 89.9 Å². The summed E-state index contributed by atoms with van der Waals surface area (Å²) in [4.78, 5) is 24.6. The largest absolute Gasteiger partial charge is 0.475 e. The first-order valence-electron chi connectivity index (χ1n) is 13.4. The Morgan fingerprint density at radius 2 is 1.44 bits per heavy atom. The number of thiol groups is 1. The number of rotatable bonds is 3. The van der Waals surface area contributed by atoms with Gasteiger partial charge >= 0.3 is 14.6 Å². The lowest BCUT2D eigenvalue weighted by Crippen LogP contribution is -2.34. The van der Waals surface area contributed by atoms with Crippen molar-refractivity contribution in [1.29, 1.82) is 0 Å². The lowest BCUT2D eigenvalue weighted by atomic mass is 10.0. The number of nitrogens with zero attached hydrogens (tertiary/aromatic N) is 8. The topological polar surface area (TPSA) is 238 Å². The Bertz CT molecular complexity index is 1850. The Kier molecular flexibility index (Phi) is 7.83. The molecule has 19 nitrogen and oxygen atoms in total. The number of hydrogen-bond acceptors (Lipinski definition) is 17. The van der Waals surface area contributed by atoms with Gasteiger partial charge in [-0.15, -0.1) is 0 Å². The van der Waals surface area contributed by atoms with Crippen molar-refractivity contribution in [2.75, 3.05) is 31.8 Å². The molecule has 3 aliphatic rings. The SMILES string of the molecule is COP1(=O)OCC2O[C@@H](n3cnc4c(N)ncnc43)C(O[P@@](=O)(S)OC[C@H]3O[C@@H](n4cnc5c(N)ncnc54)C(F)C3O1)C2C. The van der Waals surface area contributed by atoms with Gasteiger partial charge in [-0.25, -0.2) is 43.4 Å². The first-order chi connectivity index (χ1) is 21.5. The molecule has 0 spiro atoms. The van der Waals surface area contributed by atoms with Crippen molar-refractivity contribution in [2.24, 2.45) is 5.92 Å². The molecule has 0 radical (unpaired) electrons. The van der Waals surface area contributed by atoms with E-state index in [1.807, 2.05) is 0 Å². The van der Waals surface area contributed by atoms with Gasteiger partial charge in [0.1, 0.15) is 42.0 Å². The van der Waals surface area contributed by atoms with E-state index in [0.717, 1.165) is 7.11 Å². The molecule has 6 unspecified atom stereocenters. The van der Waals surface area contributed by atoms with Crippen molar-refractivity contribution >= 4 is 60.8 Å². The quantitative estimate of drug-likeness (QED) is 0.206. The predicted molar refractivity (Wildman–Crippen MR) is 154 cm³/mol. The molecule has 0 amide bonds. The van der Waals surface area contributed by atoms with E-state index in [9.17, 15) is 9.13 Å². The van der Waals surface area contributed by atoms with Crippen LogP contribution in [0.15, 0.2) is 25.3 Å². The molecule has 4 aromatic rings. The maximum atomic E-state index is 16.1. The summed E-state index contributed by atoms with van der Waals surface area (Å²) in [5.74, 6) is -0.343. The second-order valence-corrected chi connectivity index (χ2v) is 15.0. The number of phosphoric acid groups is 1. The zero-order valence-corrected chi connectivity index (χ0v) is 26.2. The van der Waals surface area contributed by atoms with Crippen LogP contribution in [0, 0.1) is 5.92 Å². The average molecular weight is 689 g/mol. The monoisotopic (exact) mass is 688 g/mol. The van der Waals surface area contributed by atoms with E-state index in [0.29, 0.717) is 11.2 Å². The zero-order valence-electron chi connectivity index (χ0n) is 23.5. The third kappa shape index (κ3) is 5.40. The van der Waals surface area contributed by atoms with Crippen molar-refractivity contribution in [2.45, 2.75) is 50.0 Å². The molecule has 0 saturated carbocycles. The Balaban J connectivity index is 1.22. The van der Waals surface area contributed by atoms with Crippen LogP contribution in [-0.2, 0) is 41.2 Å². The van der Waals surface area contributed by atoms with E-state index in [-0.39, 0.29) is 29.4 Å². The number of ether oxygens (including phenoxy) is 2. The summed E-state index contributed by atoms with van der Waals surface area (Å²) in [5, 5.41) is 0. The summed E-state index contributed by atoms with van der Waals surface area (Å²) in [6, 6.07) is 0. The van der Waals surface area contributed by atoms with Gasteiger partial charge in [-0.2, -0.15) is 0 Å². The molecule has 3 fully saturated rings. The van der Waals surface area contributed by atoms with Crippen LogP contribution in [0.2, 0.25) is 0 Å². The first kappa shape index (κ1) is 30.8. The summed E-state index contributed by atoms with van der Waals surface area (Å²) < 4.78 is 86.5. The molecule has 23 heteroatoms. The normalized spacial score (nSPS) is 37.7. The lowest BCUT2D eigenvalue weighted by Gasteiger charge is -2.27. The number of anilines is 2. The van der Waals surface area contributed by atoms with Crippen molar-refractivity contribution in [1.82, 2.24) is 39.0 Å². The number of fused-ring (bicyclic) bond motifs is 5. The highest BCUT2D eigenvalue weighted by Gasteiger charge is 2.54. The molecule has 7 heterocycles. The van der Waals surface area contributed by atoms with E-state index >= 15 is 4.39 Å². The Morgan fingerprint density at radius 1 is 0.867 bits per heavy atom. The smallest absolute Gasteiger partial charge is 0.382 e. The van der Waals surface area contributed by atoms with Gasteiger partial charge in [0, 0.05) is 13.0 Å². The molecule has 45 heavy (non-hydrogen) atoms. The van der Waals surface area contributed by atoms with Crippen molar-refractivity contribution in [3.63, 3.8) is 0 Å². The molecule has 0 aliphatic carbocycles. The van der Waals surface area contributed by atoms with Crippen molar-refractivity contribution in [3.8, 4) is 0 Å². The molecule has 7 rings (SSSR count). The molecule has 3 saturated heterocycles. The highest BCUT2D eigenvalue weighted by molar-refractivity contribution is 8.44. The number of aromatic nitrogens is 8. The van der Waals surface area contributed by atoms with Gasteiger partial charge in [0.15, 0.2) is 41.6 Å². The van der Waals surface area contributed by atoms with Crippen LogP contribution in [0.1, 0.15) is 19.4 Å². The molecule has 2 bridgehead atoms. The summed E-state index contributed by atoms with van der Waals surface area (Å²) in [7, 11) is -3.37. The molecule has 10 atom stereocenters. The molecular formula is C22H27FN10O9P2S. The average Bonchev–Trinajstić information content (AvgIpc) is 3.77. The lowest BCUT2D eigenvalue weighted by molar-refractivity contribution is -0.0619. The van der Waals surface area contributed by atoms with E-state index in [1.165, 1.54) is 34.4 Å². The van der Waals surface area contributed by atoms with Crippen LogP contribution < -0.4 is 11.5 Å². The van der Waals surface area contributed by atoms with Crippen molar-refractivity contribution < 1.29 is 45.6 Å². The molecular weight excluding hydrogens is 661 g/mol. The number of halogens is 1. The molecule has 242 valence electrons. The Hall–Kier alpha value is -2.84. The number of phosphoric ester groups is 1. The van der Waals surface area contributed by atoms with Crippen LogP contribution in [0.4, 0.5) is 16.0 Å². The Labute approximate surface area is 258 Å². The van der Waals surface area contributed by atoms with Gasteiger partial charge in [0.2, 0.25) is 0 Å². The number of alkyl halides is 1. The first-order valence-corrected chi connectivity index (χ1v) is 17.6. The number of nitrogens with two attached hydrogens (primary N) is 2. The number of nitrogen functional groups attached to an aromatic ring is 2. The maximum Gasteiger partial charge on any atom is 0.475 e. The molecule has 3 aliphatic heterocycles. The second-order valence-electron chi connectivity index (χ2n) is 10.4. The van der Waals surface area contributed by atoms with Crippen LogP contribution in [0.25, 0.3) is 22.3 Å². The van der Waals surface area contributed by atoms with Crippen LogP contribution in [0.3, 0.4) is 0 Å². The highest BCUT2D eigenvalue weighted by atomic mass is 32.7. The van der Waals surface area contributed by atoms with E-state index in [4.69, 9.17) is 43.6 Å². The molecule has 4 N–H and O–H groups in total. The third-order valence-corrected chi connectivity index (χ3v) is 10.8. The van der Waals surface area contributed by atoms with Gasteiger partial charge < -0.3 is 20.9 Å². The van der Waals surface area contributed by atoms with Gasteiger partial charge in [0.25, 0.3) is 0 Å². The Morgan fingerprint density at radius 3 is 2.07 bits per heavy atom. The van der Waals surface area contributed by atoms with Crippen LogP contribution in [0.5, 0.6) is 0 Å². The summed E-state index contributed by atoms with van der Waals surface area (Å²) >= 11 is 4.19. The summed E-state index contributed by atoms with van der Waals surface area (Å²) in [6.07, 6.45) is -3.98. The fraction of sp³-hybridized carbons (Fsp3) is 0.545. The van der Waals surface area contributed by atoms with E-state index in [1.54, 1.807) is 6.92 Å². The summed E-state index contributed by atoms with van der Waals surface area (Å²) in [5.41, 5.74) is 12.8. The number of imidazole rings is 2. The minimum absolute atomic E-state index is 0.0729. The van der Waals surface area contributed by atoms with Crippen molar-refractivity contribution in [3.05, 3.63) is 25.3 Å². The standard InChI is InChI=1S/C22H27FN10O9P2S/c1-9-10-3-37-43(34,36-2)41-16-11(40-21(12(16)23)32-7-30-13-17(24)26-5-28-19(13)32)4-38-44(35,45)42-15(9)22(39-10)33-8-31-14-18(25)27-6-29-20(14)33/h5-12,15-16,21-22H,3-4H2,1-2H3,(H,35,45)(H2,24,26,28)(H2,25,27,29)/t9?,10?,11-,12?,15?,16?,21-,22-,43?,44+/m1/s1. The molecule has 0 aromatic carbocycles. The second kappa shape index (κ2) is 11.4. The molecule has 4 aromatic heterocycles.